The molecule has 0 heterocycles. The predicted molar refractivity (Wildman–Crippen MR) is 134 cm³/mol. The van der Waals surface area contributed by atoms with Crippen molar-refractivity contribution in [1.82, 2.24) is 0 Å². The van der Waals surface area contributed by atoms with Gasteiger partial charge in [-0.05, 0) is 48.5 Å². The second-order valence-corrected chi connectivity index (χ2v) is 8.32. The lowest BCUT2D eigenvalue weighted by Crippen LogP contribution is -2.51. The lowest BCUT2D eigenvalue weighted by atomic mass is 9.83. The maximum Gasteiger partial charge on any atom is 0.433 e. The van der Waals surface area contributed by atoms with E-state index in [-0.39, 0.29) is 22.7 Å². The summed E-state index contributed by atoms with van der Waals surface area (Å²) in [4.78, 5) is 0. The molecule has 0 aliphatic rings. The minimum atomic E-state index is -5.99. The third kappa shape index (κ3) is 4.87. The Morgan fingerprint density at radius 2 is 0.919 bits per heavy atom. The van der Waals surface area contributed by atoms with E-state index in [1.165, 1.54) is 0 Å². The Bertz CT molecular complexity index is 1380. The summed E-state index contributed by atoms with van der Waals surface area (Å²) in [5, 5.41) is 5.73. The molecule has 37 heavy (non-hydrogen) atoms. The Labute approximate surface area is 208 Å². The van der Waals surface area contributed by atoms with Crippen LogP contribution in [0, 0.1) is 0 Å². The minimum Gasteiger partial charge on any atom is -0.397 e. The third-order valence-corrected chi connectivity index (χ3v) is 5.79. The lowest BCUT2D eigenvalue weighted by molar-refractivity contribution is -0.314. The summed E-state index contributed by atoms with van der Waals surface area (Å²) >= 11 is 0. The Morgan fingerprint density at radius 1 is 0.514 bits per heavy atom. The van der Waals surface area contributed by atoms with Crippen LogP contribution in [0.2, 0.25) is 0 Å². The van der Waals surface area contributed by atoms with Crippen LogP contribution in [-0.2, 0) is 11.6 Å². The largest absolute Gasteiger partial charge is 0.433 e. The van der Waals surface area contributed by atoms with Crippen molar-refractivity contribution in [1.29, 1.82) is 0 Å². The molecule has 1 unspecified atom stereocenters. The molecule has 10 heteroatoms. The molecular weight excluding hydrogens is 494 g/mol. The van der Waals surface area contributed by atoms with Gasteiger partial charge in [-0.1, -0.05) is 48.5 Å². The predicted octanol–water partition coefficient (Wildman–Crippen LogP) is 7.86. The summed E-state index contributed by atoms with van der Waals surface area (Å²) in [6.45, 7) is 0. The zero-order valence-electron chi connectivity index (χ0n) is 19.2. The quantitative estimate of drug-likeness (QED) is 0.149. The molecule has 0 bridgehead atoms. The number of hydrogen-bond donors (Lipinski definition) is 4. The Hall–Kier alpha value is -4.34. The van der Waals surface area contributed by atoms with Crippen LogP contribution in [0.5, 0.6) is 0 Å². The smallest absolute Gasteiger partial charge is 0.397 e. The number of benzene rings is 4. The van der Waals surface area contributed by atoms with E-state index >= 15 is 13.2 Å². The molecule has 6 N–H and O–H groups in total. The first-order valence-corrected chi connectivity index (χ1v) is 11.0. The molecule has 0 amide bonds. The highest BCUT2D eigenvalue weighted by molar-refractivity contribution is 5.75. The van der Waals surface area contributed by atoms with Crippen molar-refractivity contribution in [2.45, 2.75) is 17.8 Å². The van der Waals surface area contributed by atoms with E-state index in [9.17, 15) is 13.2 Å². The minimum absolute atomic E-state index is 0.128. The lowest BCUT2D eigenvalue weighted by Gasteiger charge is -2.36. The first-order chi connectivity index (χ1) is 17.4. The van der Waals surface area contributed by atoms with Gasteiger partial charge in [0.25, 0.3) is 5.67 Å². The molecule has 4 rings (SSSR count). The van der Waals surface area contributed by atoms with Gasteiger partial charge in [0.2, 0.25) is 0 Å². The van der Waals surface area contributed by atoms with Gasteiger partial charge in [0, 0.05) is 22.5 Å². The number of nitrogen functional groups attached to an aromatic ring is 2. The van der Waals surface area contributed by atoms with Crippen LogP contribution in [-0.4, -0.2) is 6.18 Å². The topological polar surface area (TPSA) is 76.1 Å². The molecule has 0 spiro atoms. The van der Waals surface area contributed by atoms with Gasteiger partial charge in [-0.2, -0.15) is 22.0 Å². The summed E-state index contributed by atoms with van der Waals surface area (Å²) in [7, 11) is 0. The van der Waals surface area contributed by atoms with E-state index in [1.807, 2.05) is 0 Å². The standard InChI is InChI=1S/C27H22F6N4/c28-25(27(31,32)33,17-11-13-23(21(34)15-17)36-19-7-3-1-4-8-19)26(29,30)18-12-14-24(22(35)16-18)37-20-9-5-2-6-10-20/h1-16,36-37H,34-35H2. The van der Waals surface area contributed by atoms with Gasteiger partial charge >= 0.3 is 12.1 Å². The first kappa shape index (κ1) is 25.7. The van der Waals surface area contributed by atoms with E-state index in [4.69, 9.17) is 11.5 Å². The summed E-state index contributed by atoms with van der Waals surface area (Å²) in [5.74, 6) is -5.05. The highest BCUT2D eigenvalue weighted by Gasteiger charge is 2.72. The SMILES string of the molecule is Nc1cc(C(F)(F)C(F)(c2ccc(Nc3ccccc3)c(N)c2)C(F)(F)F)ccc1Nc1ccccc1. The van der Waals surface area contributed by atoms with E-state index in [0.29, 0.717) is 35.6 Å². The molecule has 0 aromatic heterocycles. The first-order valence-electron chi connectivity index (χ1n) is 11.0. The van der Waals surface area contributed by atoms with Crippen LogP contribution in [0.1, 0.15) is 11.1 Å². The summed E-state index contributed by atoms with van der Waals surface area (Å²) < 4.78 is 88.9. The van der Waals surface area contributed by atoms with Crippen LogP contribution in [0.25, 0.3) is 0 Å². The molecule has 192 valence electrons. The van der Waals surface area contributed by atoms with Crippen molar-refractivity contribution >= 4 is 34.1 Å². The second-order valence-electron chi connectivity index (χ2n) is 8.32. The Balaban J connectivity index is 1.71. The summed E-state index contributed by atoms with van der Waals surface area (Å²) in [6, 6.07) is 21.7. The third-order valence-electron chi connectivity index (χ3n) is 5.79. The molecule has 0 radical (unpaired) electrons. The van der Waals surface area contributed by atoms with E-state index in [2.05, 4.69) is 10.6 Å². The second kappa shape index (κ2) is 9.61. The molecule has 0 saturated carbocycles. The fraction of sp³-hybridized carbons (Fsp3) is 0.111. The molecule has 0 saturated heterocycles. The Kier molecular flexibility index (Phi) is 6.68. The fourth-order valence-electron chi connectivity index (χ4n) is 3.84. The van der Waals surface area contributed by atoms with Gasteiger partial charge in [-0.15, -0.1) is 0 Å². The molecule has 0 fully saturated rings. The highest BCUT2D eigenvalue weighted by Crippen LogP contribution is 2.57. The maximum atomic E-state index is 15.8. The monoisotopic (exact) mass is 516 g/mol. The van der Waals surface area contributed by atoms with Crippen LogP contribution >= 0.6 is 0 Å². The number of anilines is 6. The molecule has 0 aliphatic heterocycles. The van der Waals surface area contributed by atoms with Gasteiger partial charge in [-0.3, -0.25) is 0 Å². The highest BCUT2D eigenvalue weighted by atomic mass is 19.4. The van der Waals surface area contributed by atoms with E-state index < -0.39 is 28.9 Å². The van der Waals surface area contributed by atoms with Crippen molar-refractivity contribution in [3.05, 3.63) is 108 Å². The summed E-state index contributed by atoms with van der Waals surface area (Å²) in [6.07, 6.45) is -5.99. The molecule has 4 aromatic carbocycles. The number of rotatable bonds is 7. The normalized spacial score (nSPS) is 13.6. The van der Waals surface area contributed by atoms with Crippen LogP contribution in [0.15, 0.2) is 97.1 Å². The fourth-order valence-corrected chi connectivity index (χ4v) is 3.84. The summed E-state index contributed by atoms with van der Waals surface area (Å²) in [5.41, 5.74) is 4.80. The van der Waals surface area contributed by atoms with Crippen molar-refractivity contribution < 1.29 is 26.3 Å². The number of alkyl halides is 6. The van der Waals surface area contributed by atoms with Crippen molar-refractivity contribution in [3.8, 4) is 0 Å². The van der Waals surface area contributed by atoms with Crippen LogP contribution in [0.3, 0.4) is 0 Å². The average Bonchev–Trinajstić information content (AvgIpc) is 2.86. The molecule has 0 aliphatic carbocycles. The molecule has 4 aromatic rings. The number of nitrogens with two attached hydrogens (primary N) is 2. The van der Waals surface area contributed by atoms with E-state index in [0.717, 1.165) is 12.1 Å². The number of nitrogens with one attached hydrogen (secondary N) is 2. The van der Waals surface area contributed by atoms with Gasteiger partial charge in [0.05, 0.1) is 22.7 Å². The maximum absolute atomic E-state index is 15.8. The van der Waals surface area contributed by atoms with E-state index in [1.54, 1.807) is 60.7 Å². The van der Waals surface area contributed by atoms with Crippen LogP contribution < -0.4 is 22.1 Å². The zero-order chi connectivity index (χ0) is 26.8. The van der Waals surface area contributed by atoms with Gasteiger partial charge < -0.3 is 22.1 Å². The van der Waals surface area contributed by atoms with Crippen molar-refractivity contribution in [3.63, 3.8) is 0 Å². The average molecular weight is 516 g/mol. The van der Waals surface area contributed by atoms with Crippen molar-refractivity contribution in [2.24, 2.45) is 0 Å². The molecule has 1 atom stereocenters. The number of para-hydroxylation sites is 2. The van der Waals surface area contributed by atoms with Gasteiger partial charge in [-0.25, -0.2) is 4.39 Å². The molecular formula is C27H22F6N4. The van der Waals surface area contributed by atoms with Gasteiger partial charge in [0.15, 0.2) is 0 Å². The van der Waals surface area contributed by atoms with Gasteiger partial charge in [0.1, 0.15) is 0 Å². The Morgan fingerprint density at radius 3 is 1.32 bits per heavy atom. The number of hydrogen-bond acceptors (Lipinski definition) is 4. The molecule has 4 nitrogen and oxygen atoms in total. The van der Waals surface area contributed by atoms with Crippen molar-refractivity contribution in [2.75, 3.05) is 22.1 Å². The number of halogens is 6. The van der Waals surface area contributed by atoms with Crippen LogP contribution in [0.4, 0.5) is 60.5 Å². The zero-order valence-corrected chi connectivity index (χ0v) is 19.2.